The van der Waals surface area contributed by atoms with Gasteiger partial charge in [0, 0.05) is 5.56 Å². The molecule has 0 aliphatic heterocycles. The lowest BCUT2D eigenvalue weighted by molar-refractivity contribution is 0.104. The first-order valence-corrected chi connectivity index (χ1v) is 4.60. The van der Waals surface area contributed by atoms with Gasteiger partial charge in [-0.15, -0.1) is 0 Å². The molecule has 1 heteroatoms. The number of unbranched alkanes of at least 4 members (excludes halogenated alkanes) is 1. The molecular weight excluding hydrogens is 160 g/mol. The summed E-state index contributed by atoms with van der Waals surface area (Å²) in [5, 5.41) is 0. The van der Waals surface area contributed by atoms with Crippen molar-refractivity contribution in [2.45, 2.75) is 19.8 Å². The van der Waals surface area contributed by atoms with Crippen molar-refractivity contribution in [3.63, 3.8) is 0 Å². The molecule has 0 aliphatic carbocycles. The number of carbonyl (C=O) groups excluding carboxylic acids is 1. The third kappa shape index (κ3) is 3.24. The van der Waals surface area contributed by atoms with E-state index in [-0.39, 0.29) is 5.78 Å². The maximum atomic E-state index is 11.4. The van der Waals surface area contributed by atoms with Gasteiger partial charge in [0.15, 0.2) is 5.78 Å². The monoisotopic (exact) mass is 174 g/mol. The molecule has 0 atom stereocenters. The first-order chi connectivity index (χ1) is 6.34. The average Bonchev–Trinajstić information content (AvgIpc) is 2.19. The highest BCUT2D eigenvalue weighted by Crippen LogP contribution is 2.01. The van der Waals surface area contributed by atoms with E-state index >= 15 is 0 Å². The smallest absolute Gasteiger partial charge is 0.185 e. The lowest BCUT2D eigenvalue weighted by Gasteiger charge is -1.93. The maximum absolute atomic E-state index is 11.4. The van der Waals surface area contributed by atoms with Gasteiger partial charge in [-0.05, 0) is 12.5 Å². The molecule has 0 saturated heterocycles. The zero-order chi connectivity index (χ0) is 9.52. The van der Waals surface area contributed by atoms with E-state index in [4.69, 9.17) is 0 Å². The number of ketones is 1. The summed E-state index contributed by atoms with van der Waals surface area (Å²) in [5.74, 6) is 0.0917. The van der Waals surface area contributed by atoms with Crippen LogP contribution in [0.1, 0.15) is 30.1 Å². The van der Waals surface area contributed by atoms with Crippen molar-refractivity contribution in [3.05, 3.63) is 48.0 Å². The minimum atomic E-state index is 0.0917. The highest BCUT2D eigenvalue weighted by Gasteiger charge is 1.97. The van der Waals surface area contributed by atoms with E-state index in [1.165, 1.54) is 0 Å². The van der Waals surface area contributed by atoms with Gasteiger partial charge in [-0.3, -0.25) is 4.79 Å². The summed E-state index contributed by atoms with van der Waals surface area (Å²) < 4.78 is 0. The van der Waals surface area contributed by atoms with Gasteiger partial charge >= 0.3 is 0 Å². The van der Waals surface area contributed by atoms with Crippen LogP contribution in [0.15, 0.2) is 42.5 Å². The van der Waals surface area contributed by atoms with E-state index in [1.807, 2.05) is 36.4 Å². The molecule has 0 amide bonds. The minimum absolute atomic E-state index is 0.0917. The highest BCUT2D eigenvalue weighted by molar-refractivity contribution is 6.04. The largest absolute Gasteiger partial charge is 0.289 e. The molecule has 1 nitrogen and oxygen atoms in total. The fraction of sp³-hybridized carbons (Fsp3) is 0.250. The van der Waals surface area contributed by atoms with Gasteiger partial charge in [0.05, 0.1) is 0 Å². The molecule has 0 aromatic heterocycles. The van der Waals surface area contributed by atoms with E-state index in [1.54, 1.807) is 6.08 Å². The number of hydrogen-bond donors (Lipinski definition) is 0. The van der Waals surface area contributed by atoms with E-state index in [9.17, 15) is 4.79 Å². The molecule has 0 unspecified atom stereocenters. The summed E-state index contributed by atoms with van der Waals surface area (Å²) in [6, 6.07) is 9.32. The molecule has 68 valence electrons. The number of rotatable bonds is 4. The lowest BCUT2D eigenvalue weighted by Crippen LogP contribution is -1.92. The van der Waals surface area contributed by atoms with Gasteiger partial charge in [-0.2, -0.15) is 0 Å². The zero-order valence-corrected chi connectivity index (χ0v) is 7.86. The molecule has 1 rings (SSSR count). The standard InChI is InChI=1S/C12H14O/c1-2-3-5-10-12(13)11-8-6-4-7-9-11/h4-10H,2-3H2,1H3/b10-5-. The Morgan fingerprint density at radius 3 is 2.62 bits per heavy atom. The van der Waals surface area contributed by atoms with Gasteiger partial charge in [0.25, 0.3) is 0 Å². The van der Waals surface area contributed by atoms with E-state index in [2.05, 4.69) is 6.92 Å². The van der Waals surface area contributed by atoms with Crippen molar-refractivity contribution in [1.82, 2.24) is 0 Å². The number of allylic oxidation sites excluding steroid dienone is 2. The summed E-state index contributed by atoms with van der Waals surface area (Å²) in [6.07, 6.45) is 5.63. The van der Waals surface area contributed by atoms with Crippen LogP contribution in [0.2, 0.25) is 0 Å². The molecule has 0 radical (unpaired) electrons. The van der Waals surface area contributed by atoms with Crippen LogP contribution in [0.3, 0.4) is 0 Å². The Labute approximate surface area is 79.1 Å². The van der Waals surface area contributed by atoms with Gasteiger partial charge in [0.1, 0.15) is 0 Å². The van der Waals surface area contributed by atoms with Gasteiger partial charge < -0.3 is 0 Å². The average molecular weight is 174 g/mol. The van der Waals surface area contributed by atoms with Crippen molar-refractivity contribution >= 4 is 5.78 Å². The van der Waals surface area contributed by atoms with Crippen LogP contribution in [-0.2, 0) is 0 Å². The Balaban J connectivity index is 2.59. The molecule has 1 aromatic carbocycles. The van der Waals surface area contributed by atoms with Crippen LogP contribution < -0.4 is 0 Å². The van der Waals surface area contributed by atoms with Crippen molar-refractivity contribution in [1.29, 1.82) is 0 Å². The lowest BCUT2D eigenvalue weighted by atomic mass is 10.1. The summed E-state index contributed by atoms with van der Waals surface area (Å²) in [5.41, 5.74) is 0.759. The van der Waals surface area contributed by atoms with Gasteiger partial charge in [-0.1, -0.05) is 49.8 Å². The van der Waals surface area contributed by atoms with Crippen molar-refractivity contribution in [2.24, 2.45) is 0 Å². The van der Waals surface area contributed by atoms with Crippen LogP contribution in [0.4, 0.5) is 0 Å². The quantitative estimate of drug-likeness (QED) is 0.506. The highest BCUT2D eigenvalue weighted by atomic mass is 16.1. The predicted molar refractivity (Wildman–Crippen MR) is 54.8 cm³/mol. The summed E-state index contributed by atoms with van der Waals surface area (Å²) >= 11 is 0. The van der Waals surface area contributed by atoms with E-state index in [0.29, 0.717) is 0 Å². The predicted octanol–water partition coefficient (Wildman–Crippen LogP) is 3.23. The molecule has 13 heavy (non-hydrogen) atoms. The Bertz CT molecular complexity index is 285. The SMILES string of the molecule is CCC/C=C\C(=O)c1ccccc1. The Morgan fingerprint density at radius 1 is 1.31 bits per heavy atom. The van der Waals surface area contributed by atoms with Crippen LogP contribution in [0, 0.1) is 0 Å². The Hall–Kier alpha value is -1.37. The topological polar surface area (TPSA) is 17.1 Å². The normalized spacial score (nSPS) is 10.5. The molecule has 0 bridgehead atoms. The number of carbonyl (C=O) groups is 1. The van der Waals surface area contributed by atoms with E-state index < -0.39 is 0 Å². The van der Waals surface area contributed by atoms with Crippen LogP contribution in [0.25, 0.3) is 0 Å². The molecule has 1 aromatic rings. The molecular formula is C12H14O. The second-order valence-corrected chi connectivity index (χ2v) is 2.92. The summed E-state index contributed by atoms with van der Waals surface area (Å²) in [6.45, 7) is 2.09. The van der Waals surface area contributed by atoms with E-state index in [0.717, 1.165) is 18.4 Å². The van der Waals surface area contributed by atoms with Gasteiger partial charge in [-0.25, -0.2) is 0 Å². The van der Waals surface area contributed by atoms with Gasteiger partial charge in [0.2, 0.25) is 0 Å². The van der Waals surface area contributed by atoms with Crippen molar-refractivity contribution in [2.75, 3.05) is 0 Å². The minimum Gasteiger partial charge on any atom is -0.289 e. The second kappa shape index (κ2) is 5.31. The second-order valence-electron chi connectivity index (χ2n) is 2.92. The molecule has 0 heterocycles. The maximum Gasteiger partial charge on any atom is 0.185 e. The first-order valence-electron chi connectivity index (χ1n) is 4.60. The molecule has 0 saturated carbocycles. The third-order valence-electron chi connectivity index (χ3n) is 1.78. The van der Waals surface area contributed by atoms with Crippen LogP contribution in [-0.4, -0.2) is 5.78 Å². The molecule has 0 aliphatic rings. The van der Waals surface area contributed by atoms with Crippen molar-refractivity contribution in [3.8, 4) is 0 Å². The fourth-order valence-corrected chi connectivity index (χ4v) is 1.06. The molecule has 0 spiro atoms. The first kappa shape index (κ1) is 9.72. The fourth-order valence-electron chi connectivity index (χ4n) is 1.06. The van der Waals surface area contributed by atoms with Crippen molar-refractivity contribution < 1.29 is 4.79 Å². The summed E-state index contributed by atoms with van der Waals surface area (Å²) in [4.78, 5) is 11.4. The number of hydrogen-bond acceptors (Lipinski definition) is 1. The third-order valence-corrected chi connectivity index (χ3v) is 1.78. The Kier molecular flexibility index (Phi) is 3.97. The van der Waals surface area contributed by atoms with Crippen LogP contribution in [0.5, 0.6) is 0 Å². The molecule has 0 fully saturated rings. The summed E-state index contributed by atoms with van der Waals surface area (Å²) in [7, 11) is 0. The number of benzene rings is 1. The molecule has 0 N–H and O–H groups in total. The zero-order valence-electron chi connectivity index (χ0n) is 7.86. The Morgan fingerprint density at radius 2 is 2.00 bits per heavy atom. The van der Waals surface area contributed by atoms with Crippen LogP contribution >= 0.6 is 0 Å².